The second kappa shape index (κ2) is 6.49. The Morgan fingerprint density at radius 3 is 2.76 bits per heavy atom. The summed E-state index contributed by atoms with van der Waals surface area (Å²) >= 11 is 0. The lowest BCUT2D eigenvalue weighted by Gasteiger charge is -2.16. The minimum atomic E-state index is -4.51. The van der Waals surface area contributed by atoms with E-state index in [1.165, 1.54) is 6.92 Å². The van der Waals surface area contributed by atoms with Crippen LogP contribution in [0.4, 0.5) is 13.2 Å². The normalized spacial score (nSPS) is 17.9. The summed E-state index contributed by atoms with van der Waals surface area (Å²) in [6, 6.07) is 0.889. The van der Waals surface area contributed by atoms with E-state index in [9.17, 15) is 18.0 Å². The second-order valence-corrected chi connectivity index (χ2v) is 6.23. The van der Waals surface area contributed by atoms with E-state index >= 15 is 0 Å². The van der Waals surface area contributed by atoms with Crippen LogP contribution in [-0.2, 0) is 30.5 Å². The zero-order valence-corrected chi connectivity index (χ0v) is 14.0. The highest BCUT2D eigenvalue weighted by Crippen LogP contribution is 2.28. The summed E-state index contributed by atoms with van der Waals surface area (Å²) in [6.07, 6.45) is -2.37. The number of aryl methyl sites for hydroxylation is 3. The monoisotopic (exact) mass is 356 g/mol. The molecule has 2 aromatic heterocycles. The molecule has 0 bridgehead atoms. The van der Waals surface area contributed by atoms with Crippen LogP contribution in [0.3, 0.4) is 0 Å². The van der Waals surface area contributed by atoms with Crippen LogP contribution in [-0.4, -0.2) is 36.5 Å². The molecule has 0 aliphatic carbocycles. The quantitative estimate of drug-likeness (QED) is 0.907. The summed E-state index contributed by atoms with van der Waals surface area (Å²) in [5.74, 6) is 1.39. The maximum absolute atomic E-state index is 12.7. The van der Waals surface area contributed by atoms with Gasteiger partial charge in [0, 0.05) is 24.7 Å². The molecule has 2 aromatic rings. The molecule has 10 heteroatoms. The predicted octanol–water partition coefficient (Wildman–Crippen LogP) is 1.63. The molecule has 1 unspecified atom stereocenters. The van der Waals surface area contributed by atoms with Crippen LogP contribution in [0.5, 0.6) is 0 Å². The topological polar surface area (TPSA) is 77.6 Å². The molecule has 0 saturated heterocycles. The number of halogens is 3. The minimum absolute atomic E-state index is 0.0495. The van der Waals surface area contributed by atoms with Gasteiger partial charge in [-0.3, -0.25) is 9.48 Å². The Kier molecular flexibility index (Phi) is 4.53. The van der Waals surface area contributed by atoms with Crippen molar-refractivity contribution in [2.45, 2.75) is 58.4 Å². The average Bonchev–Trinajstić information content (AvgIpc) is 2.98. The van der Waals surface area contributed by atoms with Crippen LogP contribution >= 0.6 is 0 Å². The van der Waals surface area contributed by atoms with Gasteiger partial charge in [-0.25, -0.2) is 0 Å². The highest BCUT2D eigenvalue weighted by atomic mass is 19.4. The lowest BCUT2D eigenvalue weighted by atomic mass is 10.1. The van der Waals surface area contributed by atoms with Crippen LogP contribution in [0, 0.1) is 13.8 Å². The van der Waals surface area contributed by atoms with Gasteiger partial charge in [0.25, 0.3) is 0 Å². The molecule has 136 valence electrons. The lowest BCUT2D eigenvalue weighted by Crippen LogP contribution is -2.37. The van der Waals surface area contributed by atoms with E-state index in [2.05, 4.69) is 20.6 Å². The van der Waals surface area contributed by atoms with E-state index < -0.39 is 11.9 Å². The standard InChI is InChI=1S/C15H19F3N6O/c1-9-7-12(15(16,17)18)22-24(9)8-14(25)19-11-3-4-13-21-20-10(2)23(13)6-5-11/h7,11H,3-6,8H2,1-2H3,(H,19,25). The molecule has 1 aliphatic rings. The van der Waals surface area contributed by atoms with E-state index in [0.717, 1.165) is 35.2 Å². The van der Waals surface area contributed by atoms with Gasteiger partial charge in [0.2, 0.25) is 5.91 Å². The van der Waals surface area contributed by atoms with Gasteiger partial charge in [-0.15, -0.1) is 10.2 Å². The minimum Gasteiger partial charge on any atom is -0.352 e. The largest absolute Gasteiger partial charge is 0.435 e. The van der Waals surface area contributed by atoms with Gasteiger partial charge in [0.1, 0.15) is 18.2 Å². The van der Waals surface area contributed by atoms with Crippen LogP contribution in [0.15, 0.2) is 6.07 Å². The van der Waals surface area contributed by atoms with E-state index in [1.807, 2.05) is 11.5 Å². The Bertz CT molecular complexity index is 779. The Balaban J connectivity index is 1.59. The Morgan fingerprint density at radius 2 is 2.08 bits per heavy atom. The molecule has 1 atom stereocenters. The maximum atomic E-state index is 12.7. The van der Waals surface area contributed by atoms with Gasteiger partial charge < -0.3 is 9.88 Å². The third-order valence-electron chi connectivity index (χ3n) is 4.36. The highest BCUT2D eigenvalue weighted by molar-refractivity contribution is 5.76. The molecule has 1 N–H and O–H groups in total. The van der Waals surface area contributed by atoms with Crippen molar-refractivity contribution in [1.29, 1.82) is 0 Å². The van der Waals surface area contributed by atoms with Gasteiger partial charge in [0.15, 0.2) is 5.69 Å². The number of carbonyl (C=O) groups is 1. The van der Waals surface area contributed by atoms with Crippen molar-refractivity contribution < 1.29 is 18.0 Å². The fourth-order valence-electron chi connectivity index (χ4n) is 3.00. The summed E-state index contributed by atoms with van der Waals surface area (Å²) in [4.78, 5) is 12.2. The van der Waals surface area contributed by atoms with Crippen molar-refractivity contribution >= 4 is 5.91 Å². The third kappa shape index (κ3) is 3.83. The van der Waals surface area contributed by atoms with Crippen molar-refractivity contribution in [1.82, 2.24) is 29.9 Å². The smallest absolute Gasteiger partial charge is 0.352 e. The molecule has 1 aliphatic heterocycles. The van der Waals surface area contributed by atoms with Gasteiger partial charge in [-0.2, -0.15) is 18.3 Å². The molecule has 25 heavy (non-hydrogen) atoms. The lowest BCUT2D eigenvalue weighted by molar-refractivity contribution is -0.141. The molecule has 0 aromatic carbocycles. The summed E-state index contributed by atoms with van der Waals surface area (Å²) < 4.78 is 41.1. The van der Waals surface area contributed by atoms with Gasteiger partial charge in [0.05, 0.1) is 0 Å². The number of hydrogen-bond acceptors (Lipinski definition) is 4. The number of carbonyl (C=O) groups excluding carboxylic acids is 1. The van der Waals surface area contributed by atoms with Crippen molar-refractivity contribution in [2.75, 3.05) is 0 Å². The van der Waals surface area contributed by atoms with E-state index in [0.29, 0.717) is 18.7 Å². The summed E-state index contributed by atoms with van der Waals surface area (Å²) in [6.45, 7) is 3.85. The average molecular weight is 356 g/mol. The second-order valence-electron chi connectivity index (χ2n) is 6.23. The summed E-state index contributed by atoms with van der Waals surface area (Å²) in [7, 11) is 0. The molecule has 3 heterocycles. The first-order valence-electron chi connectivity index (χ1n) is 8.03. The molecule has 1 amide bonds. The van der Waals surface area contributed by atoms with Crippen LogP contribution in [0.1, 0.15) is 35.9 Å². The Labute approximate surface area is 142 Å². The Hall–Kier alpha value is -2.39. The van der Waals surface area contributed by atoms with Gasteiger partial charge in [-0.05, 0) is 32.8 Å². The maximum Gasteiger partial charge on any atom is 0.435 e. The van der Waals surface area contributed by atoms with Crippen LogP contribution < -0.4 is 5.32 Å². The zero-order valence-electron chi connectivity index (χ0n) is 14.0. The first kappa shape index (κ1) is 17.4. The van der Waals surface area contributed by atoms with E-state index in [1.54, 1.807) is 0 Å². The number of nitrogens with zero attached hydrogens (tertiary/aromatic N) is 5. The first-order valence-corrected chi connectivity index (χ1v) is 8.03. The number of nitrogens with one attached hydrogen (secondary N) is 1. The number of aromatic nitrogens is 5. The number of alkyl halides is 3. The van der Waals surface area contributed by atoms with Crippen LogP contribution in [0.2, 0.25) is 0 Å². The van der Waals surface area contributed by atoms with Gasteiger partial charge >= 0.3 is 6.18 Å². The molecular weight excluding hydrogens is 337 g/mol. The van der Waals surface area contributed by atoms with Crippen molar-refractivity contribution in [3.05, 3.63) is 29.1 Å². The number of amides is 1. The molecule has 0 radical (unpaired) electrons. The van der Waals surface area contributed by atoms with Crippen LogP contribution in [0.25, 0.3) is 0 Å². The molecular formula is C15H19F3N6O. The summed E-state index contributed by atoms with van der Waals surface area (Å²) in [5.41, 5.74) is -0.689. The Morgan fingerprint density at radius 1 is 1.32 bits per heavy atom. The van der Waals surface area contributed by atoms with E-state index in [-0.39, 0.29) is 18.5 Å². The number of rotatable bonds is 3. The SMILES string of the molecule is Cc1cc(C(F)(F)F)nn1CC(=O)NC1CCc2nnc(C)n2CC1. The van der Waals surface area contributed by atoms with Crippen molar-refractivity contribution in [3.63, 3.8) is 0 Å². The molecule has 7 nitrogen and oxygen atoms in total. The fraction of sp³-hybridized carbons (Fsp3) is 0.600. The zero-order chi connectivity index (χ0) is 18.2. The highest BCUT2D eigenvalue weighted by Gasteiger charge is 2.34. The molecule has 0 saturated carbocycles. The van der Waals surface area contributed by atoms with Gasteiger partial charge in [-0.1, -0.05) is 0 Å². The molecule has 0 spiro atoms. The summed E-state index contributed by atoms with van der Waals surface area (Å²) in [5, 5.41) is 14.5. The van der Waals surface area contributed by atoms with Crippen molar-refractivity contribution in [2.24, 2.45) is 0 Å². The molecule has 0 fully saturated rings. The molecule has 3 rings (SSSR count). The van der Waals surface area contributed by atoms with Crippen molar-refractivity contribution in [3.8, 4) is 0 Å². The predicted molar refractivity (Wildman–Crippen MR) is 81.6 cm³/mol. The number of hydrogen-bond donors (Lipinski definition) is 1. The van der Waals surface area contributed by atoms with E-state index in [4.69, 9.17) is 0 Å². The first-order chi connectivity index (χ1) is 11.7. The third-order valence-corrected chi connectivity index (χ3v) is 4.36. The fourth-order valence-corrected chi connectivity index (χ4v) is 3.00. The number of fused-ring (bicyclic) bond motifs is 1.